The van der Waals surface area contributed by atoms with Gasteiger partial charge in [-0.15, -0.1) is 0 Å². The molecule has 2 N–H and O–H groups in total. The summed E-state index contributed by atoms with van der Waals surface area (Å²) in [6, 6.07) is 17.8. The van der Waals surface area contributed by atoms with E-state index in [0.29, 0.717) is 11.3 Å². The molecule has 1 unspecified atom stereocenters. The number of aryl methyl sites for hydroxylation is 1. The number of hydrogen-bond acceptors (Lipinski definition) is 3. The highest BCUT2D eigenvalue weighted by Crippen LogP contribution is 2.48. The van der Waals surface area contributed by atoms with Crippen molar-refractivity contribution >= 4 is 46.6 Å². The second kappa shape index (κ2) is 9.77. The Hall–Kier alpha value is -3.26. The van der Waals surface area contributed by atoms with Crippen LogP contribution in [-0.4, -0.2) is 12.1 Å². The van der Waals surface area contributed by atoms with Crippen LogP contribution in [0.25, 0.3) is 11.8 Å². The van der Waals surface area contributed by atoms with Crippen molar-refractivity contribution in [3.8, 4) is 0 Å². The van der Waals surface area contributed by atoms with Gasteiger partial charge in [0, 0.05) is 32.9 Å². The van der Waals surface area contributed by atoms with E-state index in [4.69, 9.17) is 28.0 Å². The Bertz CT molecular complexity index is 1300. The van der Waals surface area contributed by atoms with Crippen LogP contribution in [-0.2, 0) is 15.2 Å². The van der Waals surface area contributed by atoms with Gasteiger partial charge in [-0.3, -0.25) is 15.1 Å². The van der Waals surface area contributed by atoms with Gasteiger partial charge in [0.15, 0.2) is 0 Å². The third-order valence-electron chi connectivity index (χ3n) is 5.42. The molecular weight excluding hydrogens is 500 g/mol. The van der Waals surface area contributed by atoms with Crippen molar-refractivity contribution in [1.82, 2.24) is 5.48 Å². The molecule has 0 saturated carbocycles. The molecule has 180 valence electrons. The van der Waals surface area contributed by atoms with Crippen LogP contribution in [0.4, 0.5) is 18.9 Å². The van der Waals surface area contributed by atoms with E-state index in [1.54, 1.807) is 31.2 Å². The minimum atomic E-state index is -4.82. The molecule has 1 amide bonds. The van der Waals surface area contributed by atoms with Crippen molar-refractivity contribution < 1.29 is 22.8 Å². The van der Waals surface area contributed by atoms with Crippen LogP contribution in [0.15, 0.2) is 78.9 Å². The molecule has 4 rings (SSSR count). The normalized spacial score (nSPS) is 17.8. The molecule has 0 aliphatic carbocycles. The van der Waals surface area contributed by atoms with Gasteiger partial charge < -0.3 is 5.32 Å². The quantitative estimate of drug-likeness (QED) is 0.348. The van der Waals surface area contributed by atoms with E-state index >= 15 is 0 Å². The lowest BCUT2D eigenvalue weighted by Crippen LogP contribution is -2.42. The van der Waals surface area contributed by atoms with E-state index in [1.165, 1.54) is 12.1 Å². The van der Waals surface area contributed by atoms with Gasteiger partial charge in [-0.25, -0.2) is 0 Å². The highest BCUT2D eigenvalue weighted by atomic mass is 35.5. The Morgan fingerprint density at radius 3 is 2.37 bits per heavy atom. The Balaban J connectivity index is 1.64. The Labute approximate surface area is 210 Å². The maximum absolute atomic E-state index is 14.2. The zero-order valence-electron chi connectivity index (χ0n) is 18.3. The average Bonchev–Trinajstić information content (AvgIpc) is 3.26. The molecule has 1 aliphatic heterocycles. The molecule has 1 heterocycles. The molecule has 4 nitrogen and oxygen atoms in total. The molecule has 0 saturated heterocycles. The van der Waals surface area contributed by atoms with E-state index in [9.17, 15) is 18.0 Å². The highest BCUT2D eigenvalue weighted by molar-refractivity contribution is 6.34. The van der Waals surface area contributed by atoms with Crippen molar-refractivity contribution in [3.63, 3.8) is 0 Å². The highest BCUT2D eigenvalue weighted by Gasteiger charge is 2.59. The number of hydroxylamine groups is 1. The molecule has 1 atom stereocenters. The predicted molar refractivity (Wildman–Crippen MR) is 132 cm³/mol. The summed E-state index contributed by atoms with van der Waals surface area (Å²) >= 11 is 11.9. The van der Waals surface area contributed by atoms with Crippen molar-refractivity contribution in [1.29, 1.82) is 0 Å². The van der Waals surface area contributed by atoms with E-state index < -0.39 is 11.8 Å². The van der Waals surface area contributed by atoms with Gasteiger partial charge in [0.25, 0.3) is 0 Å². The molecule has 0 aromatic heterocycles. The van der Waals surface area contributed by atoms with Crippen molar-refractivity contribution in [2.75, 3.05) is 5.32 Å². The van der Waals surface area contributed by atoms with Crippen LogP contribution in [0.1, 0.15) is 22.3 Å². The van der Waals surface area contributed by atoms with Gasteiger partial charge >= 0.3 is 6.18 Å². The number of halogens is 5. The van der Waals surface area contributed by atoms with Crippen LogP contribution in [0.2, 0.25) is 10.0 Å². The summed E-state index contributed by atoms with van der Waals surface area (Å²) in [5, 5.41) is 2.86. The molecule has 3 aromatic carbocycles. The molecule has 9 heteroatoms. The van der Waals surface area contributed by atoms with Crippen LogP contribution in [0.5, 0.6) is 0 Å². The molecule has 3 aromatic rings. The summed E-state index contributed by atoms with van der Waals surface area (Å²) in [6.45, 7) is 1.78. The van der Waals surface area contributed by atoms with Gasteiger partial charge in [-0.2, -0.15) is 13.2 Å². The van der Waals surface area contributed by atoms with Crippen LogP contribution < -0.4 is 10.8 Å². The third-order valence-corrected chi connectivity index (χ3v) is 5.85. The van der Waals surface area contributed by atoms with Crippen molar-refractivity contribution in [2.24, 2.45) is 0 Å². The molecule has 35 heavy (non-hydrogen) atoms. The largest absolute Gasteiger partial charge is 0.428 e. The lowest BCUT2D eigenvalue weighted by molar-refractivity contribution is -0.269. The van der Waals surface area contributed by atoms with Crippen LogP contribution in [0, 0.1) is 6.92 Å². The fourth-order valence-corrected chi connectivity index (χ4v) is 4.11. The first-order valence-electron chi connectivity index (χ1n) is 10.4. The van der Waals surface area contributed by atoms with Crippen molar-refractivity contribution in [3.05, 3.63) is 111 Å². The van der Waals surface area contributed by atoms with Gasteiger partial charge in [0.2, 0.25) is 11.5 Å². The summed E-state index contributed by atoms with van der Waals surface area (Å²) < 4.78 is 42.7. The second-order valence-electron chi connectivity index (χ2n) is 7.92. The van der Waals surface area contributed by atoms with Crippen LogP contribution >= 0.6 is 23.2 Å². The number of alkyl halides is 3. The number of carbonyl (C=O) groups is 1. The van der Waals surface area contributed by atoms with Crippen molar-refractivity contribution in [2.45, 2.75) is 18.7 Å². The molecule has 1 aliphatic rings. The topological polar surface area (TPSA) is 50.4 Å². The first-order chi connectivity index (χ1) is 16.6. The van der Waals surface area contributed by atoms with E-state index in [-0.39, 0.29) is 27.2 Å². The number of amides is 1. The van der Waals surface area contributed by atoms with Gasteiger partial charge in [0.05, 0.1) is 5.70 Å². The number of anilines is 1. The third kappa shape index (κ3) is 5.37. The zero-order valence-corrected chi connectivity index (χ0v) is 19.8. The number of carbonyl (C=O) groups excluding carboxylic acids is 1. The maximum Gasteiger partial charge on any atom is 0.428 e. The Morgan fingerprint density at radius 2 is 1.71 bits per heavy atom. The summed E-state index contributed by atoms with van der Waals surface area (Å²) in [7, 11) is 0. The monoisotopic (exact) mass is 518 g/mol. The van der Waals surface area contributed by atoms with E-state index in [2.05, 4.69) is 10.8 Å². The minimum absolute atomic E-state index is 0.0467. The van der Waals surface area contributed by atoms with E-state index in [1.807, 2.05) is 30.3 Å². The fourth-order valence-electron chi connectivity index (χ4n) is 3.59. The summed E-state index contributed by atoms with van der Waals surface area (Å²) in [4.78, 5) is 17.6. The van der Waals surface area contributed by atoms with E-state index in [0.717, 1.165) is 29.3 Å². The Morgan fingerprint density at radius 1 is 1.03 bits per heavy atom. The SMILES string of the molecule is Cc1ccc(C2=CC(c3cc(Cl)cc(Cl)c3)(C(F)(F)F)ON2)cc1NC(=O)C=Cc1ccccc1. The molecular formula is C26H19Cl2F3N2O2. The van der Waals surface area contributed by atoms with Gasteiger partial charge in [-0.1, -0.05) is 65.7 Å². The average molecular weight is 519 g/mol. The summed E-state index contributed by atoms with van der Waals surface area (Å²) in [5.74, 6) is -0.378. The smallest absolute Gasteiger partial charge is 0.322 e. The first kappa shape index (κ1) is 24.9. The second-order valence-corrected chi connectivity index (χ2v) is 8.79. The molecule has 0 radical (unpaired) electrons. The number of benzene rings is 3. The number of nitrogens with one attached hydrogen (secondary N) is 2. The predicted octanol–water partition coefficient (Wildman–Crippen LogP) is 7.29. The Kier molecular flexibility index (Phi) is 6.94. The summed E-state index contributed by atoms with van der Waals surface area (Å²) in [5.41, 5.74) is 1.82. The van der Waals surface area contributed by atoms with Gasteiger partial charge in [-0.05, 0) is 54.5 Å². The summed E-state index contributed by atoms with van der Waals surface area (Å²) in [6.07, 6.45) is -0.841. The minimum Gasteiger partial charge on any atom is -0.322 e. The lowest BCUT2D eigenvalue weighted by Gasteiger charge is -2.28. The molecule has 0 bridgehead atoms. The maximum atomic E-state index is 14.2. The number of rotatable bonds is 5. The molecule has 0 fully saturated rings. The first-order valence-corrected chi connectivity index (χ1v) is 11.2. The van der Waals surface area contributed by atoms with Gasteiger partial charge in [0.1, 0.15) is 0 Å². The molecule has 0 spiro atoms. The fraction of sp³-hybridized carbons (Fsp3) is 0.115. The van der Waals surface area contributed by atoms with Crippen LogP contribution in [0.3, 0.4) is 0 Å². The zero-order chi connectivity index (χ0) is 25.2. The lowest BCUT2D eigenvalue weighted by atomic mass is 9.91. The number of hydrogen-bond donors (Lipinski definition) is 2. The standard InChI is InChI=1S/C26H19Cl2F3N2O2/c1-16-7-9-18(11-22(16)32-24(34)10-8-17-5-3-2-4-6-17)23-15-25(35-33-23,26(29,30)31)19-12-20(27)14-21(28)13-19/h2-15,33H,1H3,(H,32,34).